The number of aryl methyl sites for hydroxylation is 1. The van der Waals surface area contributed by atoms with E-state index < -0.39 is 0 Å². The minimum atomic E-state index is -0.215. The number of fused-ring (bicyclic) bond motifs is 1. The minimum absolute atomic E-state index is 0.00209. The molecule has 2 rings (SSSR count). The van der Waals surface area contributed by atoms with Crippen LogP contribution >= 0.6 is 11.8 Å². The molecule has 1 heterocycles. The summed E-state index contributed by atoms with van der Waals surface area (Å²) in [5, 5.41) is 2.76. The first-order valence-corrected chi connectivity index (χ1v) is 5.38. The summed E-state index contributed by atoms with van der Waals surface area (Å²) in [5.41, 5.74) is 1.29. The van der Waals surface area contributed by atoms with Gasteiger partial charge in [0.2, 0.25) is 5.91 Å². The van der Waals surface area contributed by atoms with Gasteiger partial charge in [0.1, 0.15) is 5.82 Å². The summed E-state index contributed by atoms with van der Waals surface area (Å²) in [4.78, 5) is 12.0. The van der Waals surface area contributed by atoms with Gasteiger partial charge in [0.25, 0.3) is 0 Å². The van der Waals surface area contributed by atoms with E-state index in [1.54, 1.807) is 13.0 Å². The molecule has 1 aromatic rings. The molecule has 0 saturated carbocycles. The Kier molecular flexibility index (Phi) is 2.46. The molecule has 1 aromatic carbocycles. The molecule has 1 aliphatic rings. The van der Waals surface area contributed by atoms with Gasteiger partial charge in [-0.25, -0.2) is 4.39 Å². The van der Waals surface area contributed by atoms with Crippen LogP contribution in [0.1, 0.15) is 12.0 Å². The molecule has 74 valence electrons. The van der Waals surface area contributed by atoms with Crippen LogP contribution in [0.25, 0.3) is 0 Å². The number of anilines is 1. The Morgan fingerprint density at radius 3 is 3.07 bits per heavy atom. The predicted octanol–water partition coefficient (Wildman–Crippen LogP) is 2.57. The molecule has 0 atom stereocenters. The van der Waals surface area contributed by atoms with Crippen LogP contribution in [0.2, 0.25) is 0 Å². The lowest BCUT2D eigenvalue weighted by Crippen LogP contribution is -2.10. The van der Waals surface area contributed by atoms with Crippen molar-refractivity contribution in [2.45, 2.75) is 18.2 Å². The SMILES string of the molecule is Cc1cc2c(cc1F)SCCC(=O)N2. The molecule has 0 unspecified atom stereocenters. The van der Waals surface area contributed by atoms with E-state index in [-0.39, 0.29) is 11.7 Å². The molecule has 0 fully saturated rings. The maximum atomic E-state index is 13.2. The molecule has 0 aromatic heterocycles. The summed E-state index contributed by atoms with van der Waals surface area (Å²) in [6.07, 6.45) is 0.486. The van der Waals surface area contributed by atoms with Gasteiger partial charge in [0, 0.05) is 17.1 Å². The zero-order valence-corrected chi connectivity index (χ0v) is 8.58. The molecule has 1 N–H and O–H groups in total. The second-order valence-corrected chi connectivity index (χ2v) is 4.38. The molecule has 1 aliphatic heterocycles. The molecule has 1 amide bonds. The number of carbonyl (C=O) groups is 1. The number of halogens is 1. The quantitative estimate of drug-likeness (QED) is 0.714. The summed E-state index contributed by atoms with van der Waals surface area (Å²) in [6, 6.07) is 3.17. The second kappa shape index (κ2) is 3.61. The van der Waals surface area contributed by atoms with Gasteiger partial charge in [-0.3, -0.25) is 4.79 Å². The van der Waals surface area contributed by atoms with Crippen molar-refractivity contribution in [3.05, 3.63) is 23.5 Å². The third kappa shape index (κ3) is 1.75. The van der Waals surface area contributed by atoms with Crippen LogP contribution in [0.3, 0.4) is 0 Å². The fourth-order valence-corrected chi connectivity index (χ4v) is 2.31. The molecule has 0 bridgehead atoms. The number of thioether (sulfide) groups is 1. The smallest absolute Gasteiger partial charge is 0.225 e. The van der Waals surface area contributed by atoms with E-state index in [1.807, 2.05) is 0 Å². The number of nitrogens with one attached hydrogen (secondary N) is 1. The van der Waals surface area contributed by atoms with Crippen LogP contribution in [-0.2, 0) is 4.79 Å². The summed E-state index contributed by atoms with van der Waals surface area (Å²) in [7, 11) is 0. The standard InChI is InChI=1S/C10H10FNOS/c1-6-4-8-9(5-7(6)11)14-3-2-10(13)12-8/h4-5H,2-3H2,1H3,(H,12,13). The number of rotatable bonds is 0. The largest absolute Gasteiger partial charge is 0.325 e. The van der Waals surface area contributed by atoms with Gasteiger partial charge in [-0.05, 0) is 24.6 Å². The van der Waals surface area contributed by atoms with Crippen molar-refractivity contribution in [2.24, 2.45) is 0 Å². The second-order valence-electron chi connectivity index (χ2n) is 3.24. The lowest BCUT2D eigenvalue weighted by molar-refractivity contribution is -0.115. The molecular weight excluding hydrogens is 201 g/mol. The van der Waals surface area contributed by atoms with Gasteiger partial charge in [-0.2, -0.15) is 0 Å². The highest BCUT2D eigenvalue weighted by atomic mass is 32.2. The van der Waals surface area contributed by atoms with E-state index in [1.165, 1.54) is 17.8 Å². The van der Waals surface area contributed by atoms with Crippen LogP contribution in [0.4, 0.5) is 10.1 Å². The van der Waals surface area contributed by atoms with Gasteiger partial charge >= 0.3 is 0 Å². The van der Waals surface area contributed by atoms with E-state index in [9.17, 15) is 9.18 Å². The van der Waals surface area contributed by atoms with Crippen molar-refractivity contribution in [3.63, 3.8) is 0 Å². The van der Waals surface area contributed by atoms with Crippen molar-refractivity contribution in [3.8, 4) is 0 Å². The summed E-state index contributed by atoms with van der Waals surface area (Å²) in [5.74, 6) is 0.496. The van der Waals surface area contributed by atoms with Crippen molar-refractivity contribution in [1.29, 1.82) is 0 Å². The fourth-order valence-electron chi connectivity index (χ4n) is 1.35. The number of hydrogen-bond acceptors (Lipinski definition) is 2. The van der Waals surface area contributed by atoms with Crippen molar-refractivity contribution < 1.29 is 9.18 Å². The van der Waals surface area contributed by atoms with Crippen molar-refractivity contribution in [1.82, 2.24) is 0 Å². The lowest BCUT2D eigenvalue weighted by atomic mass is 10.2. The highest BCUT2D eigenvalue weighted by Gasteiger charge is 2.14. The van der Waals surface area contributed by atoms with E-state index >= 15 is 0 Å². The first-order chi connectivity index (χ1) is 6.66. The maximum Gasteiger partial charge on any atom is 0.225 e. The summed E-state index contributed by atoms with van der Waals surface area (Å²) < 4.78 is 13.2. The van der Waals surface area contributed by atoms with E-state index in [4.69, 9.17) is 0 Å². The molecule has 4 heteroatoms. The van der Waals surface area contributed by atoms with Crippen LogP contribution in [0.15, 0.2) is 17.0 Å². The van der Waals surface area contributed by atoms with Crippen molar-refractivity contribution in [2.75, 3.05) is 11.1 Å². The summed E-state index contributed by atoms with van der Waals surface area (Å²) in [6.45, 7) is 1.69. The Hall–Kier alpha value is -1.03. The molecule has 14 heavy (non-hydrogen) atoms. The normalized spacial score (nSPS) is 15.7. The third-order valence-corrected chi connectivity index (χ3v) is 3.18. The summed E-state index contributed by atoms with van der Waals surface area (Å²) >= 11 is 1.51. The van der Waals surface area contributed by atoms with Gasteiger partial charge in [-0.1, -0.05) is 0 Å². The van der Waals surface area contributed by atoms with E-state index in [0.717, 1.165) is 10.6 Å². The third-order valence-electron chi connectivity index (χ3n) is 2.12. The number of carbonyl (C=O) groups excluding carboxylic acids is 1. The maximum absolute atomic E-state index is 13.2. The zero-order valence-electron chi connectivity index (χ0n) is 7.76. The Morgan fingerprint density at radius 2 is 2.29 bits per heavy atom. The van der Waals surface area contributed by atoms with E-state index in [2.05, 4.69) is 5.32 Å². The first kappa shape index (κ1) is 9.52. The van der Waals surface area contributed by atoms with Crippen LogP contribution in [0, 0.1) is 12.7 Å². The first-order valence-electron chi connectivity index (χ1n) is 4.39. The zero-order chi connectivity index (χ0) is 10.1. The fraction of sp³-hybridized carbons (Fsp3) is 0.300. The minimum Gasteiger partial charge on any atom is -0.325 e. The Bertz CT molecular complexity index is 392. The molecule has 0 saturated heterocycles. The van der Waals surface area contributed by atoms with Gasteiger partial charge < -0.3 is 5.32 Å². The average Bonchev–Trinajstić information content (AvgIpc) is 2.28. The lowest BCUT2D eigenvalue weighted by Gasteiger charge is -2.07. The van der Waals surface area contributed by atoms with Gasteiger partial charge in [0.05, 0.1) is 5.69 Å². The average molecular weight is 211 g/mol. The van der Waals surface area contributed by atoms with E-state index in [0.29, 0.717) is 17.7 Å². The number of hydrogen-bond donors (Lipinski definition) is 1. The van der Waals surface area contributed by atoms with Crippen LogP contribution < -0.4 is 5.32 Å². The molecular formula is C10H10FNOS. The topological polar surface area (TPSA) is 29.1 Å². The Morgan fingerprint density at radius 1 is 1.50 bits per heavy atom. The predicted molar refractivity (Wildman–Crippen MR) is 55.1 cm³/mol. The van der Waals surface area contributed by atoms with Crippen molar-refractivity contribution >= 4 is 23.4 Å². The highest BCUT2D eigenvalue weighted by Crippen LogP contribution is 2.32. The Balaban J connectivity index is 2.46. The van der Waals surface area contributed by atoms with Gasteiger partial charge in [0.15, 0.2) is 0 Å². The Labute approximate surface area is 85.9 Å². The van der Waals surface area contributed by atoms with Crippen LogP contribution in [0.5, 0.6) is 0 Å². The molecule has 2 nitrogen and oxygen atoms in total. The van der Waals surface area contributed by atoms with Gasteiger partial charge in [-0.15, -0.1) is 11.8 Å². The molecule has 0 aliphatic carbocycles. The highest BCUT2D eigenvalue weighted by molar-refractivity contribution is 7.99. The van der Waals surface area contributed by atoms with Crippen LogP contribution in [-0.4, -0.2) is 11.7 Å². The monoisotopic (exact) mass is 211 g/mol. The molecule has 0 spiro atoms. The number of benzene rings is 1. The molecule has 0 radical (unpaired) electrons. The number of amides is 1.